The van der Waals surface area contributed by atoms with Gasteiger partial charge in [-0.25, -0.2) is 13.2 Å². The number of esters is 1. The van der Waals surface area contributed by atoms with Crippen molar-refractivity contribution in [2.45, 2.75) is 17.6 Å². The van der Waals surface area contributed by atoms with Crippen LogP contribution in [0.3, 0.4) is 0 Å². The molecule has 136 valence electrons. The number of anilines is 2. The summed E-state index contributed by atoms with van der Waals surface area (Å²) in [6.45, 7) is 1.64. The monoisotopic (exact) mass is 396 g/mol. The van der Waals surface area contributed by atoms with Crippen molar-refractivity contribution in [3.05, 3.63) is 56.1 Å². The maximum atomic E-state index is 12.9. The number of aryl methyl sites for hydroxylation is 1. The molecule has 1 N–H and O–H groups in total. The summed E-state index contributed by atoms with van der Waals surface area (Å²) in [7, 11) is -2.69. The quantitative estimate of drug-likeness (QED) is 0.470. The number of methoxy groups -OCH3 is 1. The Hall–Kier alpha value is -2.65. The van der Waals surface area contributed by atoms with Gasteiger partial charge in [0.15, 0.2) is 9.84 Å². The van der Waals surface area contributed by atoms with Crippen LogP contribution in [0.1, 0.15) is 21.5 Å². The minimum Gasteiger partial charge on any atom is -0.465 e. The summed E-state index contributed by atoms with van der Waals surface area (Å²) in [5.41, 5.74) is 1.02. The third-order valence-electron chi connectivity index (χ3n) is 4.02. The summed E-state index contributed by atoms with van der Waals surface area (Å²) in [6.07, 6.45) is 0. The Labute approximate surface area is 153 Å². The van der Waals surface area contributed by atoms with E-state index >= 15 is 0 Å². The lowest BCUT2D eigenvalue weighted by Gasteiger charge is -2.14. The number of carbonyl (C=O) groups excluding carboxylic acids is 1. The third kappa shape index (κ3) is 2.99. The van der Waals surface area contributed by atoms with Gasteiger partial charge in [-0.05, 0) is 30.2 Å². The lowest BCUT2D eigenvalue weighted by Crippen LogP contribution is -2.09. The van der Waals surface area contributed by atoms with Crippen molar-refractivity contribution >= 4 is 44.5 Å². The first-order chi connectivity index (χ1) is 12.1. The first-order valence-electron chi connectivity index (χ1n) is 7.33. The number of halogens is 1. The Morgan fingerprint density at radius 3 is 2.58 bits per heavy atom. The van der Waals surface area contributed by atoms with Gasteiger partial charge in [-0.1, -0.05) is 11.6 Å². The van der Waals surface area contributed by atoms with E-state index in [0.717, 1.165) is 6.07 Å². The van der Waals surface area contributed by atoms with Crippen LogP contribution in [-0.2, 0) is 20.3 Å². The van der Waals surface area contributed by atoms with Crippen molar-refractivity contribution in [1.29, 1.82) is 0 Å². The van der Waals surface area contributed by atoms with Gasteiger partial charge in [0.1, 0.15) is 0 Å². The summed E-state index contributed by atoms with van der Waals surface area (Å²) in [5, 5.41) is 14.0. The van der Waals surface area contributed by atoms with Crippen LogP contribution in [0, 0.1) is 17.0 Å². The van der Waals surface area contributed by atoms with Crippen LogP contribution < -0.4 is 5.32 Å². The third-order valence-corrected chi connectivity index (χ3v) is 6.00. The Morgan fingerprint density at radius 2 is 1.96 bits per heavy atom. The molecule has 2 aromatic carbocycles. The highest BCUT2D eigenvalue weighted by Gasteiger charge is 2.30. The number of hydrogen-bond donors (Lipinski definition) is 1. The molecule has 26 heavy (non-hydrogen) atoms. The van der Waals surface area contributed by atoms with Crippen molar-refractivity contribution in [3.63, 3.8) is 0 Å². The molecule has 1 aliphatic heterocycles. The van der Waals surface area contributed by atoms with Gasteiger partial charge in [-0.3, -0.25) is 10.1 Å². The van der Waals surface area contributed by atoms with E-state index in [0.29, 0.717) is 5.56 Å². The van der Waals surface area contributed by atoms with Crippen molar-refractivity contribution in [2.24, 2.45) is 0 Å². The average molecular weight is 397 g/mol. The van der Waals surface area contributed by atoms with Crippen LogP contribution in [0.2, 0.25) is 5.02 Å². The van der Waals surface area contributed by atoms with E-state index in [4.69, 9.17) is 11.6 Å². The molecule has 0 saturated heterocycles. The summed E-state index contributed by atoms with van der Waals surface area (Å²) in [4.78, 5) is 22.1. The topological polar surface area (TPSA) is 116 Å². The highest BCUT2D eigenvalue weighted by molar-refractivity contribution is 7.90. The zero-order chi connectivity index (χ0) is 19.2. The summed E-state index contributed by atoms with van der Waals surface area (Å²) in [6, 6.07) is 5.06. The van der Waals surface area contributed by atoms with Crippen molar-refractivity contribution in [1.82, 2.24) is 0 Å². The lowest BCUT2D eigenvalue weighted by molar-refractivity contribution is -0.384. The number of benzene rings is 2. The van der Waals surface area contributed by atoms with Crippen LogP contribution in [0.5, 0.6) is 0 Å². The normalized spacial score (nSPS) is 14.4. The second kappa shape index (κ2) is 6.26. The molecule has 3 rings (SSSR count). The molecule has 0 unspecified atom stereocenters. The van der Waals surface area contributed by atoms with E-state index in [1.54, 1.807) is 6.92 Å². The number of non-ortho nitro benzene ring substituents is 1. The molecule has 1 heterocycles. The summed E-state index contributed by atoms with van der Waals surface area (Å²) >= 11 is 6.14. The summed E-state index contributed by atoms with van der Waals surface area (Å²) in [5.74, 6) is -1.16. The molecular weight excluding hydrogens is 384 g/mol. The Bertz CT molecular complexity index is 1060. The van der Waals surface area contributed by atoms with Gasteiger partial charge in [-0.15, -0.1) is 0 Å². The van der Waals surface area contributed by atoms with Crippen molar-refractivity contribution in [2.75, 3.05) is 12.4 Å². The molecule has 0 fully saturated rings. The number of ether oxygens (including phenoxy) is 1. The van der Waals surface area contributed by atoms with Crippen LogP contribution in [0.4, 0.5) is 17.1 Å². The minimum absolute atomic E-state index is 0.0358. The zero-order valence-corrected chi connectivity index (χ0v) is 15.3. The number of nitrogens with zero attached hydrogens (tertiary/aromatic N) is 1. The molecule has 1 aliphatic rings. The molecule has 0 bridgehead atoms. The van der Waals surface area contributed by atoms with Crippen LogP contribution in [0.15, 0.2) is 29.2 Å². The van der Waals surface area contributed by atoms with E-state index in [-0.39, 0.29) is 38.1 Å². The number of nitro groups is 1. The molecule has 0 radical (unpaired) electrons. The van der Waals surface area contributed by atoms with Gasteiger partial charge in [0.05, 0.1) is 44.6 Å². The number of nitro benzene ring substituents is 1. The maximum absolute atomic E-state index is 12.9. The summed E-state index contributed by atoms with van der Waals surface area (Å²) < 4.78 is 30.4. The molecule has 2 aromatic rings. The molecule has 10 heteroatoms. The molecular formula is C16H13ClN2O6S. The van der Waals surface area contributed by atoms with Gasteiger partial charge in [0, 0.05) is 12.1 Å². The van der Waals surface area contributed by atoms with Crippen LogP contribution in [0.25, 0.3) is 0 Å². The fraction of sp³-hybridized carbons (Fsp3) is 0.188. The van der Waals surface area contributed by atoms with Gasteiger partial charge < -0.3 is 10.1 Å². The van der Waals surface area contributed by atoms with E-state index in [1.165, 1.54) is 25.3 Å². The number of hydrogen-bond acceptors (Lipinski definition) is 7. The second-order valence-electron chi connectivity index (χ2n) is 5.76. The average Bonchev–Trinajstić information content (AvgIpc) is 2.68. The maximum Gasteiger partial charge on any atom is 0.337 e. The predicted octanol–water partition coefficient (Wildman–Crippen LogP) is 3.37. The highest BCUT2D eigenvalue weighted by atomic mass is 35.5. The smallest absolute Gasteiger partial charge is 0.337 e. The Morgan fingerprint density at radius 1 is 1.27 bits per heavy atom. The molecule has 8 nitrogen and oxygen atoms in total. The number of nitrogens with one attached hydrogen (secondary N) is 1. The minimum atomic E-state index is -3.89. The van der Waals surface area contributed by atoms with Crippen LogP contribution in [-0.4, -0.2) is 26.4 Å². The lowest BCUT2D eigenvalue weighted by atomic mass is 10.1. The fourth-order valence-electron chi connectivity index (χ4n) is 2.81. The molecule has 0 aromatic heterocycles. The fourth-order valence-corrected chi connectivity index (χ4v) is 4.71. The van der Waals surface area contributed by atoms with Gasteiger partial charge in [0.2, 0.25) is 0 Å². The number of carbonyl (C=O) groups is 1. The zero-order valence-electron chi connectivity index (χ0n) is 13.7. The largest absolute Gasteiger partial charge is 0.465 e. The predicted molar refractivity (Wildman–Crippen MR) is 94.8 cm³/mol. The Balaban J connectivity index is 2.27. The molecule has 0 atom stereocenters. The number of sulfone groups is 1. The van der Waals surface area contributed by atoms with Gasteiger partial charge >= 0.3 is 5.97 Å². The number of rotatable bonds is 2. The standard InChI is InChI=1S/C16H13ClN2O6S/c1-8-3-9(16(20)25-2)5-13-14(8)18-15-10(7-26(13,23)24)4-11(19(21)22)6-12(15)17/h3-6,18H,7H2,1-2H3. The van der Waals surface area contributed by atoms with E-state index < -0.39 is 26.5 Å². The van der Waals surface area contributed by atoms with E-state index in [2.05, 4.69) is 10.1 Å². The first-order valence-corrected chi connectivity index (χ1v) is 9.36. The highest BCUT2D eigenvalue weighted by Crippen LogP contribution is 2.42. The second-order valence-corrected chi connectivity index (χ2v) is 8.13. The molecule has 0 spiro atoms. The number of fused-ring (bicyclic) bond motifs is 2. The van der Waals surface area contributed by atoms with Crippen molar-refractivity contribution < 1.29 is 22.9 Å². The molecule has 0 amide bonds. The van der Waals surface area contributed by atoms with Crippen LogP contribution >= 0.6 is 11.6 Å². The first kappa shape index (κ1) is 18.2. The van der Waals surface area contributed by atoms with Gasteiger partial charge in [-0.2, -0.15) is 0 Å². The molecule has 0 saturated carbocycles. The van der Waals surface area contributed by atoms with E-state index in [1.807, 2.05) is 0 Å². The molecule has 0 aliphatic carbocycles. The van der Waals surface area contributed by atoms with Gasteiger partial charge in [0.25, 0.3) is 5.69 Å². The Kier molecular flexibility index (Phi) is 4.37. The van der Waals surface area contributed by atoms with Crippen molar-refractivity contribution in [3.8, 4) is 0 Å². The SMILES string of the molecule is COC(=O)c1cc(C)c2c(c1)S(=O)(=O)Cc1cc([N+](=O)[O-])cc(Cl)c1N2. The van der Waals surface area contributed by atoms with E-state index in [9.17, 15) is 23.3 Å².